The average Bonchev–Trinajstić information content (AvgIpc) is 2.75. The maximum atomic E-state index is 11.3. The summed E-state index contributed by atoms with van der Waals surface area (Å²) in [4.78, 5) is 12.9. The zero-order valence-corrected chi connectivity index (χ0v) is 11.4. The van der Waals surface area contributed by atoms with Crippen LogP contribution in [0.25, 0.3) is 0 Å². The van der Waals surface area contributed by atoms with Crippen molar-refractivity contribution in [3.63, 3.8) is 0 Å². The summed E-state index contributed by atoms with van der Waals surface area (Å²) in [5.41, 5.74) is 0.506. The molecule has 0 spiro atoms. The number of hydrogen-bond donors (Lipinski definition) is 1. The number of aryl methyl sites for hydroxylation is 2. The molecule has 7 heteroatoms. The van der Waals surface area contributed by atoms with Crippen LogP contribution in [-0.4, -0.2) is 39.0 Å². The van der Waals surface area contributed by atoms with Crippen molar-refractivity contribution in [1.29, 1.82) is 0 Å². The monoisotopic (exact) mass is 268 g/mol. The summed E-state index contributed by atoms with van der Waals surface area (Å²) in [5.74, 6) is 0.545. The summed E-state index contributed by atoms with van der Waals surface area (Å²) < 4.78 is 1.67. The number of anilines is 1. The van der Waals surface area contributed by atoms with Crippen molar-refractivity contribution in [3.05, 3.63) is 15.8 Å². The summed E-state index contributed by atoms with van der Waals surface area (Å²) in [6.45, 7) is 4.91. The average molecular weight is 268 g/mol. The van der Waals surface area contributed by atoms with E-state index in [1.807, 2.05) is 11.8 Å². The highest BCUT2D eigenvalue weighted by Gasteiger charge is 2.33. The Morgan fingerprint density at radius 1 is 1.53 bits per heavy atom. The van der Waals surface area contributed by atoms with Crippen LogP contribution in [-0.2, 0) is 6.54 Å². The maximum Gasteiger partial charge on any atom is 0.333 e. The van der Waals surface area contributed by atoms with E-state index < -0.39 is 0 Å². The van der Waals surface area contributed by atoms with Gasteiger partial charge in [-0.3, -0.25) is 10.1 Å². The quantitative estimate of drug-likeness (QED) is 0.660. The molecular formula is C12H20N4O3. The molecule has 19 heavy (non-hydrogen) atoms. The smallest absolute Gasteiger partial charge is 0.333 e. The molecule has 106 valence electrons. The first-order valence-corrected chi connectivity index (χ1v) is 6.69. The summed E-state index contributed by atoms with van der Waals surface area (Å²) >= 11 is 0. The van der Waals surface area contributed by atoms with E-state index in [4.69, 9.17) is 0 Å². The molecule has 0 aliphatic carbocycles. The van der Waals surface area contributed by atoms with Crippen LogP contribution in [0.3, 0.4) is 0 Å². The van der Waals surface area contributed by atoms with Crippen molar-refractivity contribution in [2.24, 2.45) is 0 Å². The van der Waals surface area contributed by atoms with Crippen LogP contribution in [0.5, 0.6) is 0 Å². The number of rotatable bonds is 4. The number of nitro groups is 1. The molecule has 1 aliphatic heterocycles. The molecule has 1 aromatic rings. The molecule has 0 bridgehead atoms. The number of hydrogen-bond acceptors (Lipinski definition) is 5. The molecular weight excluding hydrogens is 248 g/mol. The summed E-state index contributed by atoms with van der Waals surface area (Å²) in [6, 6.07) is -0.0474. The molecule has 0 amide bonds. The van der Waals surface area contributed by atoms with E-state index in [0.29, 0.717) is 18.1 Å². The second kappa shape index (κ2) is 5.56. The lowest BCUT2D eigenvalue weighted by Gasteiger charge is -2.35. The molecule has 0 aromatic carbocycles. The number of aromatic nitrogens is 2. The molecule has 1 fully saturated rings. The third-order valence-corrected chi connectivity index (χ3v) is 3.66. The van der Waals surface area contributed by atoms with Crippen molar-refractivity contribution in [3.8, 4) is 0 Å². The van der Waals surface area contributed by atoms with E-state index >= 15 is 0 Å². The fraction of sp³-hybridized carbons (Fsp3) is 0.750. The highest BCUT2D eigenvalue weighted by molar-refractivity contribution is 5.62. The Morgan fingerprint density at radius 3 is 2.84 bits per heavy atom. The van der Waals surface area contributed by atoms with E-state index in [-0.39, 0.29) is 23.3 Å². The second-order valence-electron chi connectivity index (χ2n) is 4.86. The predicted octanol–water partition coefficient (Wildman–Crippen LogP) is 1.47. The fourth-order valence-electron chi connectivity index (χ4n) is 2.75. The van der Waals surface area contributed by atoms with Crippen molar-refractivity contribution < 1.29 is 10.0 Å². The molecule has 0 saturated carbocycles. The normalized spacial score (nSPS) is 19.7. The van der Waals surface area contributed by atoms with Crippen LogP contribution < -0.4 is 4.90 Å². The first-order valence-electron chi connectivity index (χ1n) is 6.69. The minimum absolute atomic E-state index is 0.0189. The maximum absolute atomic E-state index is 11.3. The first-order chi connectivity index (χ1) is 9.10. The lowest BCUT2D eigenvalue weighted by molar-refractivity contribution is -0.384. The molecule has 1 unspecified atom stereocenters. The van der Waals surface area contributed by atoms with Crippen LogP contribution in [0.15, 0.2) is 0 Å². The van der Waals surface area contributed by atoms with Crippen LogP contribution in [0, 0.1) is 17.0 Å². The standard InChI is InChI=1S/C12H20N4O3/c1-3-15-12(11(16(18)19)9(2)13-15)14-7-5-4-6-10(14)8-17/h10,17H,3-8H2,1-2H3. The van der Waals surface area contributed by atoms with Gasteiger partial charge in [0.05, 0.1) is 17.6 Å². The lowest BCUT2D eigenvalue weighted by Crippen LogP contribution is -2.43. The number of nitrogens with zero attached hydrogens (tertiary/aromatic N) is 4. The Kier molecular flexibility index (Phi) is 4.04. The van der Waals surface area contributed by atoms with Gasteiger partial charge in [-0.1, -0.05) is 0 Å². The zero-order chi connectivity index (χ0) is 14.0. The molecule has 7 nitrogen and oxygen atoms in total. The van der Waals surface area contributed by atoms with Gasteiger partial charge in [-0.15, -0.1) is 0 Å². The Balaban J connectivity index is 2.49. The van der Waals surface area contributed by atoms with Crippen molar-refractivity contribution >= 4 is 11.5 Å². The first kappa shape index (κ1) is 13.8. The summed E-state index contributed by atoms with van der Waals surface area (Å²) in [5, 5.41) is 25.0. The van der Waals surface area contributed by atoms with E-state index in [9.17, 15) is 15.2 Å². The van der Waals surface area contributed by atoms with Crippen molar-refractivity contribution in [2.45, 2.75) is 45.7 Å². The number of piperidine rings is 1. The van der Waals surface area contributed by atoms with E-state index in [1.54, 1.807) is 11.6 Å². The van der Waals surface area contributed by atoms with Crippen LogP contribution >= 0.6 is 0 Å². The van der Waals surface area contributed by atoms with Crippen LogP contribution in [0.2, 0.25) is 0 Å². The largest absolute Gasteiger partial charge is 0.394 e. The third kappa shape index (κ3) is 2.42. The Morgan fingerprint density at radius 2 is 2.26 bits per heavy atom. The van der Waals surface area contributed by atoms with Gasteiger partial charge in [0.15, 0.2) is 0 Å². The van der Waals surface area contributed by atoms with E-state index in [2.05, 4.69) is 5.10 Å². The minimum Gasteiger partial charge on any atom is -0.394 e. The van der Waals surface area contributed by atoms with Gasteiger partial charge in [0.2, 0.25) is 5.82 Å². The SMILES string of the molecule is CCn1nc(C)c([N+](=O)[O-])c1N1CCCCC1CO. The molecule has 1 aromatic heterocycles. The van der Waals surface area contributed by atoms with E-state index in [1.165, 1.54) is 0 Å². The summed E-state index contributed by atoms with van der Waals surface area (Å²) in [7, 11) is 0. The van der Waals surface area contributed by atoms with Gasteiger partial charge in [-0.05, 0) is 33.1 Å². The highest BCUT2D eigenvalue weighted by atomic mass is 16.6. The number of aliphatic hydroxyl groups is 1. The molecule has 1 aliphatic rings. The lowest BCUT2D eigenvalue weighted by atomic mass is 10.0. The van der Waals surface area contributed by atoms with Gasteiger partial charge in [-0.2, -0.15) is 5.10 Å². The highest BCUT2D eigenvalue weighted by Crippen LogP contribution is 2.35. The Hall–Kier alpha value is -1.63. The third-order valence-electron chi connectivity index (χ3n) is 3.66. The van der Waals surface area contributed by atoms with Crippen LogP contribution in [0.4, 0.5) is 11.5 Å². The molecule has 1 atom stereocenters. The summed E-state index contributed by atoms with van der Waals surface area (Å²) in [6.07, 6.45) is 2.90. The van der Waals surface area contributed by atoms with Gasteiger partial charge in [-0.25, -0.2) is 4.68 Å². The molecule has 2 heterocycles. The minimum atomic E-state index is -0.368. The molecule has 1 N–H and O–H groups in total. The van der Waals surface area contributed by atoms with Gasteiger partial charge >= 0.3 is 5.69 Å². The van der Waals surface area contributed by atoms with Gasteiger partial charge in [0.1, 0.15) is 5.69 Å². The predicted molar refractivity (Wildman–Crippen MR) is 71.4 cm³/mol. The zero-order valence-electron chi connectivity index (χ0n) is 11.4. The van der Waals surface area contributed by atoms with E-state index in [0.717, 1.165) is 25.8 Å². The van der Waals surface area contributed by atoms with Gasteiger partial charge in [0, 0.05) is 13.1 Å². The van der Waals surface area contributed by atoms with Crippen molar-refractivity contribution in [2.75, 3.05) is 18.1 Å². The second-order valence-corrected chi connectivity index (χ2v) is 4.86. The van der Waals surface area contributed by atoms with Crippen molar-refractivity contribution in [1.82, 2.24) is 9.78 Å². The Labute approximate surface area is 112 Å². The van der Waals surface area contributed by atoms with Gasteiger partial charge in [0.25, 0.3) is 0 Å². The Bertz CT molecular complexity index is 472. The number of aliphatic hydroxyl groups excluding tert-OH is 1. The molecule has 2 rings (SSSR count). The molecule has 1 saturated heterocycles. The topological polar surface area (TPSA) is 84.4 Å². The molecule has 0 radical (unpaired) electrons. The fourth-order valence-corrected chi connectivity index (χ4v) is 2.75. The van der Waals surface area contributed by atoms with Gasteiger partial charge < -0.3 is 10.0 Å². The van der Waals surface area contributed by atoms with Crippen LogP contribution in [0.1, 0.15) is 31.9 Å².